The summed E-state index contributed by atoms with van der Waals surface area (Å²) in [6, 6.07) is 14.9. The molecule has 0 bridgehead atoms. The van der Waals surface area contributed by atoms with E-state index in [-0.39, 0.29) is 0 Å². The van der Waals surface area contributed by atoms with Crippen LogP contribution >= 0.6 is 0 Å². The van der Waals surface area contributed by atoms with Gasteiger partial charge in [0.2, 0.25) is 0 Å². The Balaban J connectivity index is 1.71. The summed E-state index contributed by atoms with van der Waals surface area (Å²) < 4.78 is 39.5. The highest BCUT2D eigenvalue weighted by Gasteiger charge is 2.15. The first-order valence-corrected chi connectivity index (χ1v) is 11.0. The molecule has 4 rings (SSSR count). The molecule has 0 aliphatic rings. The summed E-state index contributed by atoms with van der Waals surface area (Å²) >= 11 is 0. The van der Waals surface area contributed by atoms with Crippen LogP contribution in [0.4, 0.5) is 0 Å². The summed E-state index contributed by atoms with van der Waals surface area (Å²) in [7, 11) is -4.10. The van der Waals surface area contributed by atoms with Crippen LogP contribution in [0.25, 0.3) is 21.9 Å². The Kier molecular flexibility index (Phi) is 5.21. The van der Waals surface area contributed by atoms with Gasteiger partial charge in [-0.1, -0.05) is 37.3 Å². The molecule has 0 saturated heterocycles. The van der Waals surface area contributed by atoms with E-state index in [1.165, 1.54) is 0 Å². The van der Waals surface area contributed by atoms with Crippen LogP contribution in [0.2, 0.25) is 0 Å². The number of imidazole rings is 1. The van der Waals surface area contributed by atoms with E-state index in [2.05, 4.69) is 16.5 Å². The Labute approximate surface area is 168 Å². The topological polar surface area (TPSA) is 94.3 Å². The van der Waals surface area contributed by atoms with Gasteiger partial charge < -0.3 is 9.30 Å². The van der Waals surface area contributed by atoms with Gasteiger partial charge in [0.15, 0.2) is 0 Å². The largest absolute Gasteiger partial charge is 0.492 e. The predicted molar refractivity (Wildman–Crippen MR) is 112 cm³/mol. The van der Waals surface area contributed by atoms with Crippen molar-refractivity contribution in [2.45, 2.75) is 25.6 Å². The number of nitrogens with zero attached hydrogens (tertiary/aromatic N) is 3. The molecular weight excluding hydrogens is 390 g/mol. The summed E-state index contributed by atoms with van der Waals surface area (Å²) in [4.78, 5) is 9.13. The summed E-state index contributed by atoms with van der Waals surface area (Å²) in [5.74, 6) is 1.32. The summed E-state index contributed by atoms with van der Waals surface area (Å²) in [5, 5.41) is 0.883. The molecule has 29 heavy (non-hydrogen) atoms. The SMILES string of the molecule is CCc1nc2cnc3cc(CS(=O)(=O)O)ccc3c2n1CCOc1ccccc1. The molecule has 2 aromatic heterocycles. The van der Waals surface area contributed by atoms with E-state index in [0.717, 1.165) is 34.4 Å². The Hall–Kier alpha value is -2.97. The van der Waals surface area contributed by atoms with Crippen molar-refractivity contribution >= 4 is 32.1 Å². The zero-order chi connectivity index (χ0) is 20.4. The molecule has 0 saturated carbocycles. The predicted octanol–water partition coefficient (Wildman–Crippen LogP) is 3.61. The van der Waals surface area contributed by atoms with Crippen molar-refractivity contribution in [1.82, 2.24) is 14.5 Å². The standard InChI is InChI=1S/C21H21N3O4S/c1-2-20-23-19-13-22-18-12-15(14-29(25,26)27)8-9-17(18)21(19)24(20)10-11-28-16-6-4-3-5-7-16/h3-9,12-13H,2,10-11,14H2,1H3,(H,25,26,27). The first-order valence-electron chi connectivity index (χ1n) is 9.34. The molecule has 150 valence electrons. The van der Waals surface area contributed by atoms with Gasteiger partial charge in [0.05, 0.1) is 23.8 Å². The fraction of sp³-hybridized carbons (Fsp3) is 0.238. The minimum absolute atomic E-state index is 0.437. The molecule has 0 aliphatic heterocycles. The second kappa shape index (κ2) is 7.81. The molecule has 0 radical (unpaired) electrons. The van der Waals surface area contributed by atoms with Crippen LogP contribution in [0.15, 0.2) is 54.7 Å². The number of ether oxygens (including phenoxy) is 1. The van der Waals surface area contributed by atoms with E-state index >= 15 is 0 Å². The molecule has 0 amide bonds. The highest BCUT2D eigenvalue weighted by molar-refractivity contribution is 7.85. The fourth-order valence-electron chi connectivity index (χ4n) is 3.49. The van der Waals surface area contributed by atoms with Gasteiger partial charge in [-0.3, -0.25) is 9.54 Å². The molecule has 0 aliphatic carbocycles. The van der Waals surface area contributed by atoms with Gasteiger partial charge in [0.1, 0.15) is 29.5 Å². The van der Waals surface area contributed by atoms with Gasteiger partial charge in [0.25, 0.3) is 10.1 Å². The molecular formula is C21H21N3O4S. The van der Waals surface area contributed by atoms with Crippen LogP contribution in [0.1, 0.15) is 18.3 Å². The lowest BCUT2D eigenvalue weighted by Crippen LogP contribution is -2.11. The van der Waals surface area contributed by atoms with E-state index in [4.69, 9.17) is 14.3 Å². The second-order valence-corrected chi connectivity index (χ2v) is 8.22. The van der Waals surface area contributed by atoms with Crippen molar-refractivity contribution in [2.75, 3.05) is 6.61 Å². The van der Waals surface area contributed by atoms with E-state index in [0.29, 0.717) is 24.2 Å². The summed E-state index contributed by atoms with van der Waals surface area (Å²) in [6.45, 7) is 3.17. The van der Waals surface area contributed by atoms with E-state index < -0.39 is 15.9 Å². The molecule has 0 fully saturated rings. The highest BCUT2D eigenvalue weighted by Crippen LogP contribution is 2.26. The molecule has 0 unspecified atom stereocenters. The summed E-state index contributed by atoms with van der Waals surface area (Å²) in [6.07, 6.45) is 2.46. The maximum Gasteiger partial charge on any atom is 0.269 e. The van der Waals surface area contributed by atoms with Crippen LogP contribution in [0.5, 0.6) is 5.75 Å². The lowest BCUT2D eigenvalue weighted by atomic mass is 10.1. The van der Waals surface area contributed by atoms with Crippen molar-refractivity contribution in [3.05, 3.63) is 66.1 Å². The number of rotatable bonds is 7. The smallest absolute Gasteiger partial charge is 0.269 e. The molecule has 2 aromatic carbocycles. The zero-order valence-corrected chi connectivity index (χ0v) is 16.8. The average Bonchev–Trinajstić information content (AvgIpc) is 3.05. The molecule has 0 spiro atoms. The van der Waals surface area contributed by atoms with Crippen molar-refractivity contribution in [1.29, 1.82) is 0 Å². The van der Waals surface area contributed by atoms with E-state index in [9.17, 15) is 8.42 Å². The number of pyridine rings is 1. The van der Waals surface area contributed by atoms with Crippen molar-refractivity contribution < 1.29 is 17.7 Å². The fourth-order valence-corrected chi connectivity index (χ4v) is 4.09. The number of aromatic nitrogens is 3. The maximum absolute atomic E-state index is 11.2. The van der Waals surface area contributed by atoms with Gasteiger partial charge in [-0.2, -0.15) is 8.42 Å². The van der Waals surface area contributed by atoms with Gasteiger partial charge in [-0.25, -0.2) is 4.98 Å². The van der Waals surface area contributed by atoms with Crippen molar-refractivity contribution in [3.8, 4) is 5.75 Å². The number of benzene rings is 2. The molecule has 8 heteroatoms. The normalized spacial score (nSPS) is 11.9. The Morgan fingerprint density at radius 2 is 1.90 bits per heavy atom. The first kappa shape index (κ1) is 19.4. The van der Waals surface area contributed by atoms with Crippen LogP contribution in [0, 0.1) is 0 Å². The molecule has 4 aromatic rings. The lowest BCUT2D eigenvalue weighted by molar-refractivity contribution is 0.298. The molecule has 1 N–H and O–H groups in total. The third-order valence-corrected chi connectivity index (χ3v) is 5.41. The Morgan fingerprint density at radius 3 is 2.62 bits per heavy atom. The lowest BCUT2D eigenvalue weighted by Gasteiger charge is -2.11. The Morgan fingerprint density at radius 1 is 1.10 bits per heavy atom. The third-order valence-electron chi connectivity index (χ3n) is 4.71. The minimum atomic E-state index is -4.10. The van der Waals surface area contributed by atoms with Gasteiger partial charge in [-0.15, -0.1) is 0 Å². The molecule has 0 atom stereocenters. The van der Waals surface area contributed by atoms with E-state index in [1.54, 1.807) is 18.3 Å². The number of fused-ring (bicyclic) bond motifs is 3. The van der Waals surface area contributed by atoms with Crippen molar-refractivity contribution in [3.63, 3.8) is 0 Å². The molecule has 2 heterocycles. The van der Waals surface area contributed by atoms with Gasteiger partial charge in [0, 0.05) is 11.8 Å². The zero-order valence-electron chi connectivity index (χ0n) is 15.9. The van der Waals surface area contributed by atoms with Gasteiger partial charge >= 0.3 is 0 Å². The van der Waals surface area contributed by atoms with Crippen LogP contribution in [-0.2, 0) is 28.8 Å². The maximum atomic E-state index is 11.2. The number of aryl methyl sites for hydroxylation is 1. The van der Waals surface area contributed by atoms with Crippen molar-refractivity contribution in [2.24, 2.45) is 0 Å². The molecule has 7 nitrogen and oxygen atoms in total. The quantitative estimate of drug-likeness (QED) is 0.467. The highest BCUT2D eigenvalue weighted by atomic mass is 32.2. The number of hydrogen-bond donors (Lipinski definition) is 1. The first-order chi connectivity index (χ1) is 13.9. The summed E-state index contributed by atoms with van der Waals surface area (Å²) in [5.41, 5.74) is 2.88. The average molecular weight is 411 g/mol. The van der Waals surface area contributed by atoms with Crippen LogP contribution < -0.4 is 4.74 Å². The van der Waals surface area contributed by atoms with Crippen LogP contribution in [0.3, 0.4) is 0 Å². The van der Waals surface area contributed by atoms with E-state index in [1.807, 2.05) is 36.4 Å². The third kappa shape index (κ3) is 4.23. The Bertz CT molecular complexity index is 1270. The monoisotopic (exact) mass is 411 g/mol. The second-order valence-electron chi connectivity index (χ2n) is 6.76. The number of para-hydroxylation sites is 1. The minimum Gasteiger partial charge on any atom is -0.492 e. The van der Waals surface area contributed by atoms with Crippen LogP contribution in [-0.4, -0.2) is 34.1 Å². The van der Waals surface area contributed by atoms with Gasteiger partial charge in [-0.05, 0) is 23.8 Å². The number of hydrogen-bond acceptors (Lipinski definition) is 5.